The number of carbonyl (C=O) groups is 2. The van der Waals surface area contributed by atoms with Gasteiger partial charge in [-0.15, -0.1) is 0 Å². The summed E-state index contributed by atoms with van der Waals surface area (Å²) < 4.78 is 32.7. The van der Waals surface area contributed by atoms with Crippen molar-refractivity contribution in [2.45, 2.75) is 95.7 Å². The van der Waals surface area contributed by atoms with Gasteiger partial charge in [-0.25, -0.2) is 18.2 Å². The third kappa shape index (κ3) is 7.92. The number of alkyl carbamates (subject to hydrolysis) is 1. The fourth-order valence-corrected chi connectivity index (χ4v) is 5.42. The molecular weight excluding hydrogens is 460 g/mol. The summed E-state index contributed by atoms with van der Waals surface area (Å²) in [7, 11) is -3.91. The Labute approximate surface area is 202 Å². The van der Waals surface area contributed by atoms with Gasteiger partial charge < -0.3 is 20.5 Å². The second-order valence-electron chi connectivity index (χ2n) is 10.2. The second-order valence-corrected chi connectivity index (χ2v) is 12.0. The number of carbonyl (C=O) groups excluding carboxylic acids is 2. The first-order valence-electron chi connectivity index (χ1n) is 11.6. The summed E-state index contributed by atoms with van der Waals surface area (Å²) in [5, 5.41) is 16.2. The van der Waals surface area contributed by atoms with Crippen LogP contribution in [0.15, 0.2) is 29.4 Å². The van der Waals surface area contributed by atoms with Gasteiger partial charge in [0.2, 0.25) is 5.91 Å². The predicted molar refractivity (Wildman–Crippen MR) is 127 cm³/mol. The van der Waals surface area contributed by atoms with Gasteiger partial charge in [0, 0.05) is 18.8 Å². The molecule has 1 aliphatic heterocycles. The van der Waals surface area contributed by atoms with E-state index in [9.17, 15) is 23.1 Å². The monoisotopic (exact) mass is 498 g/mol. The van der Waals surface area contributed by atoms with Crippen molar-refractivity contribution in [3.05, 3.63) is 24.4 Å². The van der Waals surface area contributed by atoms with Crippen LogP contribution in [-0.4, -0.2) is 71.2 Å². The van der Waals surface area contributed by atoms with Crippen molar-refractivity contribution >= 4 is 22.0 Å². The Bertz CT molecular complexity index is 933. The van der Waals surface area contributed by atoms with E-state index in [0.29, 0.717) is 19.3 Å². The summed E-state index contributed by atoms with van der Waals surface area (Å²) in [6, 6.07) is 2.72. The van der Waals surface area contributed by atoms with Crippen molar-refractivity contribution in [1.82, 2.24) is 19.9 Å². The molecule has 11 heteroatoms. The molecule has 1 saturated heterocycles. The lowest BCUT2D eigenvalue weighted by molar-refractivity contribution is -0.125. The van der Waals surface area contributed by atoms with Gasteiger partial charge in [-0.05, 0) is 65.0 Å². The van der Waals surface area contributed by atoms with Crippen LogP contribution in [0.25, 0.3) is 0 Å². The lowest BCUT2D eigenvalue weighted by Crippen LogP contribution is -2.54. The molecule has 1 aliphatic rings. The molecule has 0 aromatic carbocycles. The standard InChI is InChI=1S/C23H38N4O6S/c1-15(2)13-18(26-22(30)33-23(4,5)6)21(29)25-17-11-10-16(3)27(14-19(17)28)34(31,32)20-9-7-8-12-24-20/h7-9,12,15-19,28H,10-11,13-14H2,1-6H3,(H,25,29)(H,26,30)/t16-,17-,18+,19-/m1/s1. The van der Waals surface area contributed by atoms with E-state index >= 15 is 0 Å². The number of hydrogen-bond donors (Lipinski definition) is 3. The topological polar surface area (TPSA) is 138 Å². The number of rotatable bonds is 7. The minimum Gasteiger partial charge on any atom is -0.444 e. The normalized spacial score (nSPS) is 23.1. The van der Waals surface area contributed by atoms with E-state index in [1.807, 2.05) is 13.8 Å². The average Bonchev–Trinajstić information content (AvgIpc) is 2.86. The highest BCUT2D eigenvalue weighted by atomic mass is 32.2. The highest BCUT2D eigenvalue weighted by Crippen LogP contribution is 2.24. The molecule has 3 N–H and O–H groups in total. The molecule has 4 atom stereocenters. The van der Waals surface area contributed by atoms with Gasteiger partial charge in [-0.3, -0.25) is 4.79 Å². The molecule has 192 valence electrons. The first kappa shape index (κ1) is 28.0. The van der Waals surface area contributed by atoms with E-state index in [2.05, 4.69) is 15.6 Å². The maximum atomic E-state index is 13.1. The molecule has 2 rings (SSSR count). The van der Waals surface area contributed by atoms with Gasteiger partial charge in [0.25, 0.3) is 10.0 Å². The number of pyridine rings is 1. The van der Waals surface area contributed by atoms with Crippen LogP contribution in [0.3, 0.4) is 0 Å². The largest absolute Gasteiger partial charge is 0.444 e. The van der Waals surface area contributed by atoms with Crippen LogP contribution in [0.2, 0.25) is 0 Å². The van der Waals surface area contributed by atoms with Gasteiger partial charge in [0.15, 0.2) is 5.03 Å². The summed E-state index contributed by atoms with van der Waals surface area (Å²) in [6.45, 7) is 10.6. The SMILES string of the molecule is CC(C)C[C@H](NC(=O)OC(C)(C)C)C(=O)N[C@@H]1CC[C@@H](C)N(S(=O)(=O)c2ccccn2)C[C@H]1O. The molecule has 0 unspecified atom stereocenters. The fraction of sp³-hybridized carbons (Fsp3) is 0.696. The smallest absolute Gasteiger partial charge is 0.408 e. The molecule has 0 radical (unpaired) electrons. The molecule has 10 nitrogen and oxygen atoms in total. The second kappa shape index (κ2) is 11.5. The Hall–Kier alpha value is -2.24. The third-order valence-corrected chi connectivity index (χ3v) is 7.37. The predicted octanol–water partition coefficient (Wildman–Crippen LogP) is 2.04. The van der Waals surface area contributed by atoms with Gasteiger partial charge in [-0.2, -0.15) is 4.31 Å². The molecule has 1 aromatic heterocycles. The van der Waals surface area contributed by atoms with Crippen LogP contribution < -0.4 is 10.6 Å². The number of amides is 2. The van der Waals surface area contributed by atoms with Crippen molar-refractivity contribution in [2.75, 3.05) is 6.54 Å². The van der Waals surface area contributed by atoms with Crippen LogP contribution in [0.5, 0.6) is 0 Å². The zero-order valence-corrected chi connectivity index (χ0v) is 21.6. The molecule has 1 fully saturated rings. The number of ether oxygens (including phenoxy) is 1. The number of aromatic nitrogens is 1. The number of hydrogen-bond acceptors (Lipinski definition) is 7. The minimum atomic E-state index is -3.91. The first-order chi connectivity index (χ1) is 15.7. The zero-order chi connectivity index (χ0) is 25.7. The molecule has 2 amide bonds. The van der Waals surface area contributed by atoms with Crippen LogP contribution >= 0.6 is 0 Å². The number of β-amino-alcohol motifs (C(OH)–C–C–N with tert-alkyl or cyclic N) is 1. The van der Waals surface area contributed by atoms with E-state index in [1.165, 1.54) is 16.6 Å². The molecule has 1 aromatic rings. The van der Waals surface area contributed by atoms with Crippen molar-refractivity contribution in [3.63, 3.8) is 0 Å². The first-order valence-corrected chi connectivity index (χ1v) is 13.1. The molecule has 0 bridgehead atoms. The fourth-order valence-electron chi connectivity index (χ4n) is 3.81. The minimum absolute atomic E-state index is 0.0879. The van der Waals surface area contributed by atoms with E-state index in [4.69, 9.17) is 4.74 Å². The average molecular weight is 499 g/mol. The van der Waals surface area contributed by atoms with Crippen molar-refractivity contribution in [2.24, 2.45) is 5.92 Å². The summed E-state index contributed by atoms with van der Waals surface area (Å²) >= 11 is 0. The number of nitrogens with zero attached hydrogens (tertiary/aromatic N) is 2. The van der Waals surface area contributed by atoms with Crippen molar-refractivity contribution < 1.29 is 27.9 Å². The maximum Gasteiger partial charge on any atom is 0.408 e. The van der Waals surface area contributed by atoms with E-state index < -0.39 is 51.9 Å². The lowest BCUT2D eigenvalue weighted by Gasteiger charge is -2.29. The van der Waals surface area contributed by atoms with Crippen LogP contribution in [0.4, 0.5) is 4.79 Å². The Morgan fingerprint density at radius 1 is 1.26 bits per heavy atom. The van der Waals surface area contributed by atoms with Crippen LogP contribution in [0.1, 0.15) is 60.8 Å². The number of aliphatic hydroxyl groups excluding tert-OH is 1. The van der Waals surface area contributed by atoms with E-state index in [1.54, 1.807) is 39.8 Å². The molecule has 34 heavy (non-hydrogen) atoms. The van der Waals surface area contributed by atoms with Crippen LogP contribution in [-0.2, 0) is 19.6 Å². The summed E-state index contributed by atoms with van der Waals surface area (Å²) in [5.41, 5.74) is -0.709. The Morgan fingerprint density at radius 2 is 1.94 bits per heavy atom. The summed E-state index contributed by atoms with van der Waals surface area (Å²) in [6.07, 6.45) is 0.766. The van der Waals surface area contributed by atoms with Crippen molar-refractivity contribution in [3.8, 4) is 0 Å². The Morgan fingerprint density at radius 3 is 2.50 bits per heavy atom. The maximum absolute atomic E-state index is 13.1. The number of aliphatic hydroxyl groups is 1. The summed E-state index contributed by atoms with van der Waals surface area (Å²) in [5.74, 6) is -0.332. The molecule has 2 heterocycles. The third-order valence-electron chi connectivity index (χ3n) is 5.47. The van der Waals surface area contributed by atoms with Crippen molar-refractivity contribution in [1.29, 1.82) is 0 Å². The highest BCUT2D eigenvalue weighted by Gasteiger charge is 2.38. The van der Waals surface area contributed by atoms with Gasteiger partial charge in [-0.1, -0.05) is 19.9 Å². The number of sulfonamides is 1. The molecular formula is C23H38N4O6S. The van der Waals surface area contributed by atoms with Gasteiger partial charge in [0.1, 0.15) is 11.6 Å². The molecule has 0 aliphatic carbocycles. The van der Waals surface area contributed by atoms with Gasteiger partial charge in [0.05, 0.1) is 12.1 Å². The lowest BCUT2D eigenvalue weighted by atomic mass is 10.0. The van der Waals surface area contributed by atoms with Crippen LogP contribution in [0, 0.1) is 5.92 Å². The Balaban J connectivity index is 2.13. The van der Waals surface area contributed by atoms with E-state index in [-0.39, 0.29) is 17.5 Å². The summed E-state index contributed by atoms with van der Waals surface area (Å²) in [4.78, 5) is 29.3. The quantitative estimate of drug-likeness (QED) is 0.523. The highest BCUT2D eigenvalue weighted by molar-refractivity contribution is 7.89. The molecule has 0 saturated carbocycles. The zero-order valence-electron chi connectivity index (χ0n) is 20.8. The van der Waals surface area contributed by atoms with Gasteiger partial charge >= 0.3 is 6.09 Å². The Kier molecular flexibility index (Phi) is 9.44. The number of nitrogens with one attached hydrogen (secondary N) is 2. The van der Waals surface area contributed by atoms with E-state index in [0.717, 1.165) is 0 Å². The molecule has 0 spiro atoms.